The van der Waals surface area contributed by atoms with Crippen molar-refractivity contribution < 1.29 is 14.7 Å². The van der Waals surface area contributed by atoms with E-state index in [1.807, 2.05) is 13.8 Å². The SMILES string of the molecule is CC(O)CNC(=O)C(NC(=O)c1ccc(Cl)cc1)C(C)C. The highest BCUT2D eigenvalue weighted by atomic mass is 35.5. The van der Waals surface area contributed by atoms with Crippen LogP contribution >= 0.6 is 11.6 Å². The van der Waals surface area contributed by atoms with Gasteiger partial charge in [0.2, 0.25) is 5.91 Å². The minimum atomic E-state index is -0.660. The second kappa shape index (κ2) is 8.00. The largest absolute Gasteiger partial charge is 0.392 e. The van der Waals surface area contributed by atoms with E-state index in [2.05, 4.69) is 10.6 Å². The second-order valence-electron chi connectivity index (χ2n) is 5.30. The van der Waals surface area contributed by atoms with Crippen LogP contribution in [0.2, 0.25) is 5.02 Å². The van der Waals surface area contributed by atoms with Crippen LogP contribution in [0.5, 0.6) is 0 Å². The van der Waals surface area contributed by atoms with Gasteiger partial charge in [-0.2, -0.15) is 0 Å². The molecular weight excluding hydrogens is 292 g/mol. The highest BCUT2D eigenvalue weighted by Gasteiger charge is 2.24. The van der Waals surface area contributed by atoms with Gasteiger partial charge >= 0.3 is 0 Å². The number of rotatable bonds is 6. The van der Waals surface area contributed by atoms with Crippen molar-refractivity contribution in [2.75, 3.05) is 6.54 Å². The van der Waals surface area contributed by atoms with Gasteiger partial charge in [-0.1, -0.05) is 25.4 Å². The molecule has 0 saturated heterocycles. The third-order valence-corrected chi connectivity index (χ3v) is 3.17. The summed E-state index contributed by atoms with van der Waals surface area (Å²) in [5, 5.41) is 15.0. The van der Waals surface area contributed by atoms with Gasteiger partial charge in [0.25, 0.3) is 5.91 Å². The highest BCUT2D eigenvalue weighted by molar-refractivity contribution is 6.30. The number of nitrogens with one attached hydrogen (secondary N) is 2. The molecule has 0 spiro atoms. The van der Waals surface area contributed by atoms with Crippen molar-refractivity contribution in [3.63, 3.8) is 0 Å². The average molecular weight is 313 g/mol. The van der Waals surface area contributed by atoms with Crippen molar-refractivity contribution >= 4 is 23.4 Å². The van der Waals surface area contributed by atoms with Gasteiger partial charge < -0.3 is 15.7 Å². The van der Waals surface area contributed by atoms with Gasteiger partial charge in [-0.25, -0.2) is 0 Å². The molecule has 0 saturated carbocycles. The van der Waals surface area contributed by atoms with Crippen LogP contribution in [0.1, 0.15) is 31.1 Å². The Labute approximate surface area is 129 Å². The number of hydrogen-bond acceptors (Lipinski definition) is 3. The van der Waals surface area contributed by atoms with Crippen molar-refractivity contribution in [1.29, 1.82) is 0 Å². The molecule has 0 radical (unpaired) electrons. The van der Waals surface area contributed by atoms with Gasteiger partial charge in [-0.15, -0.1) is 0 Å². The molecule has 3 N–H and O–H groups in total. The summed E-state index contributed by atoms with van der Waals surface area (Å²) in [5.74, 6) is -0.721. The maximum Gasteiger partial charge on any atom is 0.251 e. The number of aliphatic hydroxyl groups excluding tert-OH is 1. The lowest BCUT2D eigenvalue weighted by Crippen LogP contribution is -2.50. The maximum absolute atomic E-state index is 12.1. The van der Waals surface area contributed by atoms with E-state index < -0.39 is 12.1 Å². The lowest BCUT2D eigenvalue weighted by molar-refractivity contribution is -0.124. The van der Waals surface area contributed by atoms with Crippen LogP contribution in [0, 0.1) is 5.92 Å². The number of amides is 2. The normalized spacial score (nSPS) is 13.6. The molecule has 1 aromatic carbocycles. The summed E-state index contributed by atoms with van der Waals surface area (Å²) in [6, 6.07) is 5.78. The van der Waals surface area contributed by atoms with Crippen LogP contribution < -0.4 is 10.6 Å². The number of carbonyl (C=O) groups excluding carboxylic acids is 2. The molecule has 0 aliphatic rings. The summed E-state index contributed by atoms with van der Waals surface area (Å²) in [5.41, 5.74) is 0.438. The molecule has 116 valence electrons. The zero-order valence-corrected chi connectivity index (χ0v) is 13.1. The summed E-state index contributed by atoms with van der Waals surface area (Å²) >= 11 is 5.77. The van der Waals surface area contributed by atoms with Crippen molar-refractivity contribution in [2.24, 2.45) is 5.92 Å². The third kappa shape index (κ3) is 5.73. The molecular formula is C15H21ClN2O3. The Balaban J connectivity index is 2.71. The quantitative estimate of drug-likeness (QED) is 0.746. The first kappa shape index (κ1) is 17.5. The van der Waals surface area contributed by atoms with E-state index in [-0.39, 0.29) is 24.3 Å². The first-order valence-electron chi connectivity index (χ1n) is 6.83. The Morgan fingerprint density at radius 2 is 1.76 bits per heavy atom. The summed E-state index contributed by atoms with van der Waals surface area (Å²) < 4.78 is 0. The van der Waals surface area contributed by atoms with Gasteiger partial charge in [0.15, 0.2) is 0 Å². The van der Waals surface area contributed by atoms with E-state index in [9.17, 15) is 14.7 Å². The Bertz CT molecular complexity index is 486. The van der Waals surface area contributed by atoms with E-state index in [1.54, 1.807) is 31.2 Å². The molecule has 0 heterocycles. The first-order chi connectivity index (χ1) is 9.81. The van der Waals surface area contributed by atoms with Gasteiger partial charge in [-0.3, -0.25) is 9.59 Å². The van der Waals surface area contributed by atoms with Gasteiger partial charge in [0.1, 0.15) is 6.04 Å². The number of carbonyl (C=O) groups is 2. The molecule has 0 fully saturated rings. The Morgan fingerprint density at radius 3 is 2.24 bits per heavy atom. The molecule has 21 heavy (non-hydrogen) atoms. The fraction of sp³-hybridized carbons (Fsp3) is 0.467. The zero-order valence-electron chi connectivity index (χ0n) is 12.4. The summed E-state index contributed by atoms with van der Waals surface area (Å²) in [6.07, 6.45) is -0.631. The van der Waals surface area contributed by atoms with Gasteiger partial charge in [0.05, 0.1) is 6.10 Å². The molecule has 0 aromatic heterocycles. The number of benzene rings is 1. The maximum atomic E-state index is 12.1. The predicted octanol–water partition coefficient (Wildman–Crippen LogP) is 1.59. The molecule has 0 bridgehead atoms. The lowest BCUT2D eigenvalue weighted by atomic mass is 10.0. The van der Waals surface area contributed by atoms with Crippen LogP contribution in [0.15, 0.2) is 24.3 Å². The number of aliphatic hydroxyl groups is 1. The van der Waals surface area contributed by atoms with Crippen molar-refractivity contribution in [3.05, 3.63) is 34.9 Å². The standard InChI is InChI=1S/C15H21ClN2O3/c1-9(2)13(15(21)17-8-10(3)19)18-14(20)11-4-6-12(16)7-5-11/h4-7,9-10,13,19H,8H2,1-3H3,(H,17,21)(H,18,20). The van der Waals surface area contributed by atoms with E-state index in [0.717, 1.165) is 0 Å². The second-order valence-corrected chi connectivity index (χ2v) is 5.73. The van der Waals surface area contributed by atoms with Crippen LogP contribution in [0.25, 0.3) is 0 Å². The zero-order chi connectivity index (χ0) is 16.0. The molecule has 1 rings (SSSR count). The Hall–Kier alpha value is -1.59. The number of hydrogen-bond donors (Lipinski definition) is 3. The topological polar surface area (TPSA) is 78.4 Å². The summed E-state index contributed by atoms with van der Waals surface area (Å²) in [6.45, 7) is 5.42. The molecule has 2 unspecified atom stereocenters. The summed E-state index contributed by atoms with van der Waals surface area (Å²) in [7, 11) is 0. The van der Waals surface area contributed by atoms with Crippen LogP contribution in [0.4, 0.5) is 0 Å². The van der Waals surface area contributed by atoms with E-state index >= 15 is 0 Å². The van der Waals surface area contributed by atoms with E-state index in [0.29, 0.717) is 10.6 Å². The number of halogens is 1. The average Bonchev–Trinajstić information content (AvgIpc) is 2.42. The summed E-state index contributed by atoms with van der Waals surface area (Å²) in [4.78, 5) is 24.2. The van der Waals surface area contributed by atoms with Gasteiger partial charge in [0, 0.05) is 17.1 Å². The fourth-order valence-corrected chi connectivity index (χ4v) is 1.85. The smallest absolute Gasteiger partial charge is 0.251 e. The van der Waals surface area contributed by atoms with E-state index in [1.165, 1.54) is 0 Å². The lowest BCUT2D eigenvalue weighted by Gasteiger charge is -2.22. The molecule has 5 nitrogen and oxygen atoms in total. The third-order valence-electron chi connectivity index (χ3n) is 2.91. The minimum Gasteiger partial charge on any atom is -0.392 e. The molecule has 0 aliphatic carbocycles. The fourth-order valence-electron chi connectivity index (χ4n) is 1.72. The van der Waals surface area contributed by atoms with E-state index in [4.69, 9.17) is 11.6 Å². The van der Waals surface area contributed by atoms with Crippen LogP contribution in [-0.4, -0.2) is 35.6 Å². The monoisotopic (exact) mass is 312 g/mol. The molecule has 2 amide bonds. The molecule has 1 aromatic rings. The van der Waals surface area contributed by atoms with Crippen LogP contribution in [0.3, 0.4) is 0 Å². The molecule has 2 atom stereocenters. The van der Waals surface area contributed by atoms with Crippen molar-refractivity contribution in [3.8, 4) is 0 Å². The molecule has 6 heteroatoms. The Morgan fingerprint density at radius 1 is 1.19 bits per heavy atom. The minimum absolute atomic E-state index is 0.0738. The predicted molar refractivity (Wildman–Crippen MR) is 82.2 cm³/mol. The van der Waals surface area contributed by atoms with Crippen LogP contribution in [-0.2, 0) is 4.79 Å². The first-order valence-corrected chi connectivity index (χ1v) is 7.21. The van der Waals surface area contributed by atoms with Crippen molar-refractivity contribution in [1.82, 2.24) is 10.6 Å². The van der Waals surface area contributed by atoms with Gasteiger partial charge in [-0.05, 0) is 37.1 Å². The molecule has 0 aliphatic heterocycles. The highest BCUT2D eigenvalue weighted by Crippen LogP contribution is 2.10. The van der Waals surface area contributed by atoms with Crippen molar-refractivity contribution in [2.45, 2.75) is 32.9 Å². The Kier molecular flexibility index (Phi) is 6.65.